The number of hydrogen-bond acceptors (Lipinski definition) is 2. The molecule has 3 aromatic rings. The second kappa shape index (κ2) is 6.01. The van der Waals surface area contributed by atoms with Crippen molar-refractivity contribution in [3.8, 4) is 11.3 Å². The van der Waals surface area contributed by atoms with Crippen LogP contribution in [0.2, 0.25) is 0 Å². The van der Waals surface area contributed by atoms with Gasteiger partial charge >= 0.3 is 0 Å². The zero-order valence-corrected chi connectivity index (χ0v) is 15.5. The maximum Gasteiger partial charge on any atom is 0.116 e. The summed E-state index contributed by atoms with van der Waals surface area (Å²) < 4.78 is 0. The zero-order chi connectivity index (χ0) is 17.5. The van der Waals surface area contributed by atoms with Crippen molar-refractivity contribution >= 4 is 10.9 Å². The molecule has 24 heavy (non-hydrogen) atoms. The Bertz CT molecular complexity index is 886. The van der Waals surface area contributed by atoms with Gasteiger partial charge in [0, 0.05) is 10.9 Å². The molecule has 1 heterocycles. The summed E-state index contributed by atoms with van der Waals surface area (Å²) in [4.78, 5) is 9.10. The van der Waals surface area contributed by atoms with Crippen LogP contribution in [0.15, 0.2) is 42.7 Å². The van der Waals surface area contributed by atoms with Crippen LogP contribution in [-0.2, 0) is 5.41 Å². The van der Waals surface area contributed by atoms with Crippen LogP contribution in [0.25, 0.3) is 22.2 Å². The highest BCUT2D eigenvalue weighted by atomic mass is 14.8. The Hall–Kier alpha value is -2.22. The van der Waals surface area contributed by atoms with Gasteiger partial charge < -0.3 is 0 Å². The van der Waals surface area contributed by atoms with Crippen LogP contribution in [-0.4, -0.2) is 9.97 Å². The monoisotopic (exact) mass is 318 g/mol. The summed E-state index contributed by atoms with van der Waals surface area (Å²) in [6.07, 6.45) is 1.68. The highest BCUT2D eigenvalue weighted by Crippen LogP contribution is 2.32. The molecule has 0 unspecified atom stereocenters. The van der Waals surface area contributed by atoms with E-state index in [-0.39, 0.29) is 5.41 Å². The molecule has 0 spiro atoms. The van der Waals surface area contributed by atoms with Gasteiger partial charge in [-0.1, -0.05) is 58.4 Å². The van der Waals surface area contributed by atoms with E-state index in [1.807, 2.05) is 0 Å². The first kappa shape index (κ1) is 16.6. The van der Waals surface area contributed by atoms with E-state index in [2.05, 4.69) is 87.9 Å². The number of benzene rings is 2. The predicted octanol–water partition coefficient (Wildman–Crippen LogP) is 6.03. The first-order valence-electron chi connectivity index (χ1n) is 8.63. The molecule has 0 saturated heterocycles. The first-order valence-corrected chi connectivity index (χ1v) is 8.63. The average molecular weight is 318 g/mol. The van der Waals surface area contributed by atoms with Gasteiger partial charge in [-0.15, -0.1) is 0 Å². The minimum Gasteiger partial charge on any atom is -0.236 e. The van der Waals surface area contributed by atoms with Crippen molar-refractivity contribution < 1.29 is 0 Å². The molecule has 2 nitrogen and oxygen atoms in total. The molecule has 2 aromatic carbocycles. The second-order valence-electron chi connectivity index (χ2n) is 7.99. The van der Waals surface area contributed by atoms with E-state index in [1.54, 1.807) is 6.33 Å². The Labute approximate surface area is 145 Å². The smallest absolute Gasteiger partial charge is 0.116 e. The summed E-state index contributed by atoms with van der Waals surface area (Å²) in [5.41, 5.74) is 7.24. The Morgan fingerprint density at radius 1 is 0.917 bits per heavy atom. The molecule has 0 bridgehead atoms. The maximum atomic E-state index is 4.60. The molecular formula is C22H26N2. The fraction of sp³-hybridized carbons (Fsp3) is 0.364. The van der Waals surface area contributed by atoms with Crippen molar-refractivity contribution in [2.75, 3.05) is 0 Å². The predicted molar refractivity (Wildman–Crippen MR) is 103 cm³/mol. The van der Waals surface area contributed by atoms with Gasteiger partial charge in [0.25, 0.3) is 0 Å². The number of hydrogen-bond donors (Lipinski definition) is 0. The normalized spacial score (nSPS) is 12.1. The van der Waals surface area contributed by atoms with Gasteiger partial charge in [-0.3, -0.25) is 0 Å². The lowest BCUT2D eigenvalue weighted by molar-refractivity contribution is 0.590. The van der Waals surface area contributed by atoms with Crippen LogP contribution in [0.3, 0.4) is 0 Å². The highest BCUT2D eigenvalue weighted by Gasteiger charge is 2.16. The number of aromatic nitrogens is 2. The topological polar surface area (TPSA) is 25.8 Å². The van der Waals surface area contributed by atoms with E-state index >= 15 is 0 Å². The van der Waals surface area contributed by atoms with E-state index in [0.717, 1.165) is 16.6 Å². The lowest BCUT2D eigenvalue weighted by atomic mass is 9.84. The van der Waals surface area contributed by atoms with Crippen molar-refractivity contribution in [3.05, 3.63) is 59.4 Å². The number of fused-ring (bicyclic) bond motifs is 1. The third-order valence-corrected chi connectivity index (χ3v) is 4.54. The molecule has 0 aliphatic rings. The lowest BCUT2D eigenvalue weighted by Crippen LogP contribution is -2.11. The van der Waals surface area contributed by atoms with E-state index in [9.17, 15) is 0 Å². The molecule has 0 radical (unpaired) electrons. The van der Waals surface area contributed by atoms with Crippen molar-refractivity contribution in [1.29, 1.82) is 0 Å². The average Bonchev–Trinajstić information content (AvgIpc) is 2.52. The first-order chi connectivity index (χ1) is 11.3. The summed E-state index contributed by atoms with van der Waals surface area (Å²) in [5, 5.41) is 1.12. The van der Waals surface area contributed by atoms with Crippen LogP contribution in [0.4, 0.5) is 0 Å². The molecule has 0 N–H and O–H groups in total. The Morgan fingerprint density at radius 2 is 1.67 bits per heavy atom. The van der Waals surface area contributed by atoms with Gasteiger partial charge in [-0.2, -0.15) is 0 Å². The SMILES string of the molecule is Cc1cc(-c2ncnc3cc(C(C)C)ccc23)cc(C(C)(C)C)c1. The Morgan fingerprint density at radius 3 is 2.33 bits per heavy atom. The van der Waals surface area contributed by atoms with Crippen LogP contribution in [0.1, 0.15) is 57.2 Å². The molecule has 1 aromatic heterocycles. The molecule has 0 saturated carbocycles. The minimum atomic E-state index is 0.119. The van der Waals surface area contributed by atoms with Crippen molar-refractivity contribution in [3.63, 3.8) is 0 Å². The van der Waals surface area contributed by atoms with Crippen LogP contribution in [0.5, 0.6) is 0 Å². The van der Waals surface area contributed by atoms with Crippen LogP contribution < -0.4 is 0 Å². The molecule has 0 aliphatic carbocycles. The molecule has 3 rings (SSSR count). The largest absolute Gasteiger partial charge is 0.236 e. The molecule has 0 aliphatic heterocycles. The number of rotatable bonds is 2. The van der Waals surface area contributed by atoms with Crippen molar-refractivity contribution in [2.24, 2.45) is 0 Å². The summed E-state index contributed by atoms with van der Waals surface area (Å²) >= 11 is 0. The van der Waals surface area contributed by atoms with Crippen LogP contribution in [0, 0.1) is 6.92 Å². The van der Waals surface area contributed by atoms with E-state index in [0.29, 0.717) is 5.92 Å². The number of nitrogens with zero attached hydrogens (tertiary/aromatic N) is 2. The number of aryl methyl sites for hydroxylation is 1. The molecule has 0 atom stereocenters. The van der Waals surface area contributed by atoms with Gasteiger partial charge in [0.15, 0.2) is 0 Å². The maximum absolute atomic E-state index is 4.60. The van der Waals surface area contributed by atoms with E-state index in [1.165, 1.54) is 22.3 Å². The third-order valence-electron chi connectivity index (χ3n) is 4.54. The quantitative estimate of drug-likeness (QED) is 0.577. The molecule has 0 amide bonds. The van der Waals surface area contributed by atoms with E-state index < -0.39 is 0 Å². The lowest BCUT2D eigenvalue weighted by Gasteiger charge is -2.21. The molecule has 124 valence electrons. The molecule has 0 fully saturated rings. The fourth-order valence-corrected chi connectivity index (χ4v) is 3.02. The summed E-state index contributed by atoms with van der Waals surface area (Å²) in [6.45, 7) is 13.3. The zero-order valence-electron chi connectivity index (χ0n) is 15.5. The Kier molecular flexibility index (Phi) is 4.16. The molecule has 2 heteroatoms. The standard InChI is InChI=1S/C22H26N2/c1-14(2)16-7-8-19-20(12-16)23-13-24-21(19)17-9-15(3)10-18(11-17)22(4,5)6/h7-14H,1-6H3. The van der Waals surface area contributed by atoms with E-state index in [4.69, 9.17) is 0 Å². The van der Waals surface area contributed by atoms with Gasteiger partial charge in [-0.05, 0) is 47.6 Å². The summed E-state index contributed by atoms with van der Waals surface area (Å²) in [7, 11) is 0. The third kappa shape index (κ3) is 3.19. The van der Waals surface area contributed by atoms with Crippen molar-refractivity contribution in [2.45, 2.75) is 52.9 Å². The summed E-state index contributed by atoms with van der Waals surface area (Å²) in [5.74, 6) is 0.499. The van der Waals surface area contributed by atoms with Crippen molar-refractivity contribution in [1.82, 2.24) is 9.97 Å². The highest BCUT2D eigenvalue weighted by molar-refractivity contribution is 5.92. The second-order valence-corrected chi connectivity index (χ2v) is 7.99. The van der Waals surface area contributed by atoms with Gasteiger partial charge in [0.05, 0.1) is 11.2 Å². The van der Waals surface area contributed by atoms with Gasteiger partial charge in [-0.25, -0.2) is 9.97 Å². The van der Waals surface area contributed by atoms with Gasteiger partial charge in [0.2, 0.25) is 0 Å². The minimum absolute atomic E-state index is 0.119. The fourth-order valence-electron chi connectivity index (χ4n) is 3.02. The van der Waals surface area contributed by atoms with Gasteiger partial charge in [0.1, 0.15) is 6.33 Å². The molecular weight excluding hydrogens is 292 g/mol. The summed E-state index contributed by atoms with van der Waals surface area (Å²) in [6, 6.07) is 13.3. The Balaban J connectivity index is 2.21. The van der Waals surface area contributed by atoms with Crippen LogP contribution >= 0.6 is 0 Å².